The molecule has 3 rings (SSSR count). The molecule has 1 aliphatic heterocycles. The zero-order valence-corrected chi connectivity index (χ0v) is 18.3. The van der Waals surface area contributed by atoms with Crippen LogP contribution in [0.1, 0.15) is 11.1 Å². The molecule has 0 radical (unpaired) electrons. The van der Waals surface area contributed by atoms with Crippen molar-refractivity contribution in [2.75, 3.05) is 13.2 Å². The summed E-state index contributed by atoms with van der Waals surface area (Å²) in [5.41, 5.74) is 4.48. The predicted octanol–water partition coefficient (Wildman–Crippen LogP) is 2.53. The number of hydrogen-bond acceptors (Lipinski definition) is 6. The summed E-state index contributed by atoms with van der Waals surface area (Å²) in [5.74, 6) is -0.241. The van der Waals surface area contributed by atoms with Gasteiger partial charge >= 0.3 is 6.09 Å². The molecule has 2 aromatic carbocycles. The van der Waals surface area contributed by atoms with Gasteiger partial charge in [0.1, 0.15) is 22.5 Å². The number of phenolic OH excluding ortho intramolecular Hbond substituents is 1. The smallest absolute Gasteiger partial charge is 0.407 e. The minimum atomic E-state index is -0.851. The highest BCUT2D eigenvalue weighted by atomic mass is 79.9. The third-order valence-corrected chi connectivity index (χ3v) is 5.00. The van der Waals surface area contributed by atoms with Gasteiger partial charge in [0.15, 0.2) is 0 Å². The molecule has 1 aliphatic rings. The van der Waals surface area contributed by atoms with Crippen molar-refractivity contribution < 1.29 is 24.3 Å². The number of rotatable bonds is 9. The van der Waals surface area contributed by atoms with Crippen LogP contribution in [-0.4, -0.2) is 42.4 Å². The Bertz CT molecular complexity index is 905. The van der Waals surface area contributed by atoms with Gasteiger partial charge in [-0.25, -0.2) is 4.79 Å². The molecule has 2 amide bonds. The van der Waals surface area contributed by atoms with E-state index in [0.29, 0.717) is 11.0 Å². The molecule has 1 heterocycles. The molecule has 9 heteroatoms. The predicted molar refractivity (Wildman–Crippen MR) is 118 cm³/mol. The highest BCUT2D eigenvalue weighted by Gasteiger charge is 2.24. The van der Waals surface area contributed by atoms with Crippen molar-refractivity contribution in [1.82, 2.24) is 16.1 Å². The number of amides is 2. The number of phenols is 1. The number of nitrogens with one attached hydrogen (secondary N) is 3. The van der Waals surface area contributed by atoms with E-state index in [-0.39, 0.29) is 37.3 Å². The molecule has 4 N–H and O–H groups in total. The lowest BCUT2D eigenvalue weighted by Crippen LogP contribution is -2.49. The Morgan fingerprint density at radius 2 is 1.87 bits per heavy atom. The molecule has 2 atom stereocenters. The molecule has 0 saturated heterocycles. The van der Waals surface area contributed by atoms with E-state index < -0.39 is 12.1 Å². The SMILES string of the molecule is O=C(NC(Cc1ccc(O)cc1)C(=O)NCC1C=C(Br)NO1)OCCc1ccccc1. The van der Waals surface area contributed by atoms with Gasteiger partial charge in [0, 0.05) is 12.8 Å². The van der Waals surface area contributed by atoms with Crippen LogP contribution in [0.15, 0.2) is 65.3 Å². The molecule has 0 aromatic heterocycles. The van der Waals surface area contributed by atoms with Gasteiger partial charge in [-0.15, -0.1) is 0 Å². The van der Waals surface area contributed by atoms with Crippen molar-refractivity contribution in [3.63, 3.8) is 0 Å². The normalized spacial score (nSPS) is 16.0. The molecule has 8 nitrogen and oxygen atoms in total. The summed E-state index contributed by atoms with van der Waals surface area (Å²) in [6, 6.07) is 15.3. The van der Waals surface area contributed by atoms with Crippen molar-refractivity contribution in [1.29, 1.82) is 0 Å². The highest BCUT2D eigenvalue weighted by Crippen LogP contribution is 2.13. The maximum Gasteiger partial charge on any atom is 0.407 e. The fraction of sp³-hybridized carbons (Fsp3) is 0.273. The Hall–Kier alpha value is -3.04. The van der Waals surface area contributed by atoms with E-state index in [1.165, 1.54) is 12.1 Å². The average molecular weight is 490 g/mol. The van der Waals surface area contributed by atoms with Gasteiger partial charge in [-0.2, -0.15) is 0 Å². The Morgan fingerprint density at radius 1 is 1.13 bits per heavy atom. The summed E-state index contributed by atoms with van der Waals surface area (Å²) in [7, 11) is 0. The van der Waals surface area contributed by atoms with Gasteiger partial charge in [0.2, 0.25) is 5.91 Å². The number of benzene rings is 2. The van der Waals surface area contributed by atoms with Crippen molar-refractivity contribution in [2.24, 2.45) is 0 Å². The van der Waals surface area contributed by atoms with E-state index >= 15 is 0 Å². The Morgan fingerprint density at radius 3 is 2.55 bits per heavy atom. The Labute approximate surface area is 188 Å². The van der Waals surface area contributed by atoms with Gasteiger partial charge in [-0.1, -0.05) is 42.5 Å². The second kappa shape index (κ2) is 11.4. The number of alkyl carbamates (subject to hydrolysis) is 1. The first-order valence-electron chi connectivity index (χ1n) is 9.81. The third-order valence-electron chi connectivity index (χ3n) is 4.57. The molecule has 0 aliphatic carbocycles. The van der Waals surface area contributed by atoms with Crippen molar-refractivity contribution in [2.45, 2.75) is 25.0 Å². The van der Waals surface area contributed by atoms with Crippen LogP contribution in [0.25, 0.3) is 0 Å². The lowest BCUT2D eigenvalue weighted by molar-refractivity contribution is -0.123. The zero-order valence-electron chi connectivity index (χ0n) is 16.7. The molecule has 2 aromatic rings. The second-order valence-electron chi connectivity index (χ2n) is 6.96. The molecule has 2 unspecified atom stereocenters. The van der Waals surface area contributed by atoms with Crippen molar-refractivity contribution in [3.8, 4) is 5.75 Å². The van der Waals surface area contributed by atoms with Crippen molar-refractivity contribution >= 4 is 27.9 Å². The highest BCUT2D eigenvalue weighted by molar-refractivity contribution is 9.11. The fourth-order valence-electron chi connectivity index (χ4n) is 2.96. The first-order chi connectivity index (χ1) is 15.0. The van der Waals surface area contributed by atoms with E-state index in [4.69, 9.17) is 9.57 Å². The summed E-state index contributed by atoms with van der Waals surface area (Å²) in [4.78, 5) is 30.3. The molecule has 164 valence electrons. The van der Waals surface area contributed by atoms with Gasteiger partial charge < -0.3 is 20.5 Å². The number of aromatic hydroxyl groups is 1. The topological polar surface area (TPSA) is 109 Å². The van der Waals surface area contributed by atoms with Crippen LogP contribution in [0.3, 0.4) is 0 Å². The van der Waals surface area contributed by atoms with Gasteiger partial charge in [-0.3, -0.25) is 15.1 Å². The number of hydroxylamine groups is 1. The molecule has 0 saturated carbocycles. The monoisotopic (exact) mass is 489 g/mol. The summed E-state index contributed by atoms with van der Waals surface area (Å²) < 4.78 is 5.94. The molecule has 31 heavy (non-hydrogen) atoms. The van der Waals surface area contributed by atoms with Crippen LogP contribution in [0.4, 0.5) is 4.79 Å². The van der Waals surface area contributed by atoms with Crippen LogP contribution in [0.2, 0.25) is 0 Å². The van der Waals surface area contributed by atoms with Gasteiger partial charge in [-0.05, 0) is 45.3 Å². The summed E-state index contributed by atoms with van der Waals surface area (Å²) in [5, 5.41) is 14.9. The first-order valence-corrected chi connectivity index (χ1v) is 10.6. The summed E-state index contributed by atoms with van der Waals surface area (Å²) in [6.45, 7) is 0.432. The van der Waals surface area contributed by atoms with Gasteiger partial charge in [0.25, 0.3) is 0 Å². The van der Waals surface area contributed by atoms with Crippen LogP contribution < -0.4 is 16.1 Å². The van der Waals surface area contributed by atoms with Crippen molar-refractivity contribution in [3.05, 3.63) is 76.4 Å². The minimum absolute atomic E-state index is 0.126. The summed E-state index contributed by atoms with van der Waals surface area (Å²) in [6.07, 6.45) is 1.60. The standard InChI is InChI=1S/C22H24BrN3O5/c23-20-13-18(31-26-20)14-24-21(28)19(12-16-6-8-17(27)9-7-16)25-22(29)30-11-10-15-4-2-1-3-5-15/h1-9,13,18-19,26-27H,10-12,14H2,(H,24,28)(H,25,29). The lowest BCUT2D eigenvalue weighted by atomic mass is 10.1. The molecule has 0 spiro atoms. The maximum atomic E-state index is 12.7. The van der Waals surface area contributed by atoms with Crippen LogP contribution in [0, 0.1) is 0 Å². The molecular weight excluding hydrogens is 466 g/mol. The fourth-order valence-corrected chi connectivity index (χ4v) is 3.34. The number of carbonyl (C=O) groups is 2. The Kier molecular flexibility index (Phi) is 8.31. The van der Waals surface area contributed by atoms with E-state index in [0.717, 1.165) is 11.1 Å². The quantitative estimate of drug-likeness (QED) is 0.403. The van der Waals surface area contributed by atoms with E-state index in [1.54, 1.807) is 18.2 Å². The second-order valence-corrected chi connectivity index (χ2v) is 7.81. The molecular formula is C22H24BrN3O5. The maximum absolute atomic E-state index is 12.7. The summed E-state index contributed by atoms with van der Waals surface area (Å²) >= 11 is 3.26. The van der Waals surface area contributed by atoms with Crippen LogP contribution in [0.5, 0.6) is 5.75 Å². The number of hydrogen-bond donors (Lipinski definition) is 4. The molecule has 0 bridgehead atoms. The minimum Gasteiger partial charge on any atom is -0.508 e. The van der Waals surface area contributed by atoms with E-state index in [9.17, 15) is 14.7 Å². The lowest BCUT2D eigenvalue weighted by Gasteiger charge is -2.19. The van der Waals surface area contributed by atoms with E-state index in [1.807, 2.05) is 30.3 Å². The third kappa shape index (κ3) is 7.62. The van der Waals surface area contributed by atoms with E-state index in [2.05, 4.69) is 32.0 Å². The number of ether oxygens (including phenoxy) is 1. The number of halogens is 1. The first kappa shape index (κ1) is 22.6. The largest absolute Gasteiger partial charge is 0.508 e. The number of carbonyl (C=O) groups excluding carboxylic acids is 2. The molecule has 0 fully saturated rings. The average Bonchev–Trinajstić information content (AvgIpc) is 3.19. The Balaban J connectivity index is 1.55. The van der Waals surface area contributed by atoms with Gasteiger partial charge in [0.05, 0.1) is 13.2 Å². The van der Waals surface area contributed by atoms with Crippen LogP contribution >= 0.6 is 15.9 Å². The zero-order chi connectivity index (χ0) is 22.1. The van der Waals surface area contributed by atoms with Crippen LogP contribution in [-0.2, 0) is 27.2 Å².